The van der Waals surface area contributed by atoms with Gasteiger partial charge in [-0.05, 0) is 49.5 Å². The van der Waals surface area contributed by atoms with Gasteiger partial charge in [0.25, 0.3) is 0 Å². The van der Waals surface area contributed by atoms with Crippen LogP contribution in [0.3, 0.4) is 0 Å². The van der Waals surface area contributed by atoms with Crippen LogP contribution in [0, 0.1) is 11.3 Å². The lowest BCUT2D eigenvalue weighted by Gasteiger charge is -2.23. The number of ether oxygens (including phenoxy) is 1. The zero-order valence-corrected chi connectivity index (χ0v) is 13.9. The molecule has 4 nitrogen and oxygen atoms in total. The molecule has 2 rings (SSSR count). The van der Waals surface area contributed by atoms with Gasteiger partial charge in [-0.2, -0.15) is 5.26 Å². The largest absolute Gasteiger partial charge is 0.497 e. The van der Waals surface area contributed by atoms with Crippen LogP contribution in [0.4, 0.5) is 0 Å². The fourth-order valence-corrected chi connectivity index (χ4v) is 2.43. The molecule has 0 spiro atoms. The Morgan fingerprint density at radius 2 is 1.74 bits per heavy atom. The van der Waals surface area contributed by atoms with Crippen LogP contribution < -0.4 is 10.1 Å². The Kier molecular flexibility index (Phi) is 6.16. The molecule has 0 fully saturated rings. The van der Waals surface area contributed by atoms with Crippen molar-refractivity contribution in [2.24, 2.45) is 0 Å². The Morgan fingerprint density at radius 1 is 1.09 bits per heavy atom. The van der Waals surface area contributed by atoms with Gasteiger partial charge in [0.2, 0.25) is 0 Å². The summed E-state index contributed by atoms with van der Waals surface area (Å²) in [6, 6.07) is 18.2. The summed E-state index contributed by atoms with van der Waals surface area (Å²) in [5, 5.41) is 12.4. The van der Waals surface area contributed by atoms with E-state index in [1.165, 1.54) is 11.1 Å². The maximum atomic E-state index is 8.86. The molecule has 4 heteroatoms. The Hall–Kier alpha value is -2.35. The van der Waals surface area contributed by atoms with E-state index in [9.17, 15) is 0 Å². The summed E-state index contributed by atoms with van der Waals surface area (Å²) in [5.74, 6) is 0.865. The van der Waals surface area contributed by atoms with Gasteiger partial charge in [-0.1, -0.05) is 24.3 Å². The van der Waals surface area contributed by atoms with Gasteiger partial charge >= 0.3 is 0 Å². The maximum Gasteiger partial charge on any atom is 0.118 e. The van der Waals surface area contributed by atoms with Gasteiger partial charge < -0.3 is 15.0 Å². The Balaban J connectivity index is 2.06. The second-order valence-corrected chi connectivity index (χ2v) is 5.78. The van der Waals surface area contributed by atoms with Gasteiger partial charge in [-0.3, -0.25) is 0 Å². The summed E-state index contributed by atoms with van der Waals surface area (Å²) in [6.45, 7) is 1.67. The standard InChI is InChI=1S/C19H23N3O/c1-22(2)14-19(17-8-10-18(23-3)11-9-17)21-13-16-6-4-15(12-20)5-7-16/h4-11,19,21H,13-14H2,1-3H3/t19-/m0/s1. The van der Waals surface area contributed by atoms with Crippen LogP contribution in [-0.4, -0.2) is 32.6 Å². The van der Waals surface area contributed by atoms with Crippen LogP contribution in [0.2, 0.25) is 0 Å². The van der Waals surface area contributed by atoms with Crippen LogP contribution in [0.1, 0.15) is 22.7 Å². The van der Waals surface area contributed by atoms with Gasteiger partial charge in [0.05, 0.1) is 18.7 Å². The molecule has 0 saturated carbocycles. The minimum atomic E-state index is 0.228. The van der Waals surface area contributed by atoms with E-state index in [4.69, 9.17) is 10.00 Å². The SMILES string of the molecule is COc1ccc([C@H](CN(C)C)NCc2ccc(C#N)cc2)cc1. The summed E-state index contributed by atoms with van der Waals surface area (Å²) in [6.07, 6.45) is 0. The van der Waals surface area contributed by atoms with E-state index in [0.717, 1.165) is 18.8 Å². The maximum absolute atomic E-state index is 8.86. The van der Waals surface area contributed by atoms with Crippen LogP contribution in [0.25, 0.3) is 0 Å². The molecule has 2 aromatic carbocycles. The zero-order chi connectivity index (χ0) is 16.7. The first-order valence-corrected chi connectivity index (χ1v) is 7.63. The average molecular weight is 309 g/mol. The molecule has 0 unspecified atom stereocenters. The van der Waals surface area contributed by atoms with Gasteiger partial charge in [-0.25, -0.2) is 0 Å². The van der Waals surface area contributed by atoms with Crippen molar-refractivity contribution in [1.29, 1.82) is 5.26 Å². The molecule has 1 atom stereocenters. The number of likely N-dealkylation sites (N-methyl/N-ethyl adjacent to an activating group) is 1. The van der Waals surface area contributed by atoms with Gasteiger partial charge in [0.1, 0.15) is 5.75 Å². The Bertz CT molecular complexity index is 642. The topological polar surface area (TPSA) is 48.3 Å². The third-order valence-electron chi connectivity index (χ3n) is 3.70. The third-order valence-corrected chi connectivity index (χ3v) is 3.70. The molecular formula is C19H23N3O. The van der Waals surface area contributed by atoms with Crippen LogP contribution in [0.15, 0.2) is 48.5 Å². The summed E-state index contributed by atoms with van der Waals surface area (Å²) in [4.78, 5) is 2.17. The van der Waals surface area contributed by atoms with Crippen molar-refractivity contribution in [3.63, 3.8) is 0 Å². The smallest absolute Gasteiger partial charge is 0.118 e. The number of methoxy groups -OCH3 is 1. The van der Waals surface area contributed by atoms with E-state index in [1.807, 2.05) is 36.4 Å². The van der Waals surface area contributed by atoms with Crippen LogP contribution in [0.5, 0.6) is 5.75 Å². The fourth-order valence-electron chi connectivity index (χ4n) is 2.43. The van der Waals surface area contributed by atoms with Crippen LogP contribution >= 0.6 is 0 Å². The van der Waals surface area contributed by atoms with Crippen molar-refractivity contribution in [1.82, 2.24) is 10.2 Å². The van der Waals surface area contributed by atoms with Crippen molar-refractivity contribution in [2.75, 3.05) is 27.7 Å². The van der Waals surface area contributed by atoms with Crippen molar-refractivity contribution in [3.05, 3.63) is 65.2 Å². The highest BCUT2D eigenvalue weighted by Gasteiger charge is 2.12. The lowest BCUT2D eigenvalue weighted by atomic mass is 10.1. The first-order valence-electron chi connectivity index (χ1n) is 7.63. The number of nitriles is 1. The molecule has 23 heavy (non-hydrogen) atoms. The van der Waals surface area contributed by atoms with Gasteiger partial charge in [0, 0.05) is 19.1 Å². The molecule has 1 N–H and O–H groups in total. The summed E-state index contributed by atoms with van der Waals surface area (Å²) < 4.78 is 5.22. The Labute approximate surface area is 138 Å². The molecule has 2 aromatic rings. The Morgan fingerprint density at radius 3 is 2.26 bits per heavy atom. The number of nitrogens with one attached hydrogen (secondary N) is 1. The van der Waals surface area contributed by atoms with Crippen molar-refractivity contribution in [3.8, 4) is 11.8 Å². The predicted octanol–water partition coefficient (Wildman–Crippen LogP) is 2.96. The highest BCUT2D eigenvalue weighted by Crippen LogP contribution is 2.19. The first-order chi connectivity index (χ1) is 11.1. The molecule has 0 aliphatic heterocycles. The summed E-state index contributed by atoms with van der Waals surface area (Å²) >= 11 is 0. The second-order valence-electron chi connectivity index (χ2n) is 5.78. The third kappa shape index (κ3) is 5.10. The normalized spacial score (nSPS) is 12.0. The van der Waals surface area contributed by atoms with E-state index in [2.05, 4.69) is 42.5 Å². The molecule has 0 aromatic heterocycles. The lowest BCUT2D eigenvalue weighted by molar-refractivity contribution is 0.340. The van der Waals surface area contributed by atoms with Gasteiger partial charge in [-0.15, -0.1) is 0 Å². The zero-order valence-electron chi connectivity index (χ0n) is 13.9. The molecule has 0 aliphatic rings. The van der Waals surface area contributed by atoms with E-state index >= 15 is 0 Å². The molecule has 0 bridgehead atoms. The minimum absolute atomic E-state index is 0.228. The number of hydrogen-bond acceptors (Lipinski definition) is 4. The van der Waals surface area contributed by atoms with E-state index in [0.29, 0.717) is 5.56 Å². The monoisotopic (exact) mass is 309 g/mol. The molecule has 0 heterocycles. The molecule has 120 valence electrons. The molecular weight excluding hydrogens is 286 g/mol. The molecule has 0 saturated heterocycles. The summed E-state index contributed by atoms with van der Waals surface area (Å²) in [7, 11) is 5.81. The fraction of sp³-hybridized carbons (Fsp3) is 0.316. The number of nitrogens with zero attached hydrogens (tertiary/aromatic N) is 2. The summed E-state index contributed by atoms with van der Waals surface area (Å²) in [5.41, 5.74) is 3.09. The van der Waals surface area contributed by atoms with Crippen molar-refractivity contribution in [2.45, 2.75) is 12.6 Å². The van der Waals surface area contributed by atoms with E-state index in [-0.39, 0.29) is 6.04 Å². The number of rotatable bonds is 7. The highest BCUT2D eigenvalue weighted by molar-refractivity contribution is 5.32. The first kappa shape index (κ1) is 17.0. The van der Waals surface area contributed by atoms with Gasteiger partial charge in [0.15, 0.2) is 0 Å². The predicted molar refractivity (Wildman–Crippen MR) is 92.3 cm³/mol. The molecule has 0 aliphatic carbocycles. The number of hydrogen-bond donors (Lipinski definition) is 1. The minimum Gasteiger partial charge on any atom is -0.497 e. The highest BCUT2D eigenvalue weighted by atomic mass is 16.5. The number of benzene rings is 2. The van der Waals surface area contributed by atoms with Crippen LogP contribution in [-0.2, 0) is 6.54 Å². The molecule has 0 radical (unpaired) electrons. The van der Waals surface area contributed by atoms with E-state index in [1.54, 1.807) is 7.11 Å². The second kappa shape index (κ2) is 8.33. The quantitative estimate of drug-likeness (QED) is 0.854. The average Bonchev–Trinajstić information content (AvgIpc) is 2.59. The lowest BCUT2D eigenvalue weighted by Crippen LogP contribution is -2.30. The van der Waals surface area contributed by atoms with Crippen molar-refractivity contribution < 1.29 is 4.74 Å². The van der Waals surface area contributed by atoms with Crippen molar-refractivity contribution >= 4 is 0 Å². The molecule has 0 amide bonds. The van der Waals surface area contributed by atoms with E-state index < -0.39 is 0 Å².